The van der Waals surface area contributed by atoms with Gasteiger partial charge in [0.1, 0.15) is 6.04 Å². The number of carbonyl (C=O) groups excluding carboxylic acids is 2. The maximum atomic E-state index is 12.1. The fourth-order valence-corrected chi connectivity index (χ4v) is 3.08. The minimum Gasteiger partial charge on any atom is -0.274 e. The Morgan fingerprint density at radius 3 is 2.12 bits per heavy atom. The van der Waals surface area contributed by atoms with Gasteiger partial charge in [0.2, 0.25) is 11.8 Å². The van der Waals surface area contributed by atoms with Crippen molar-refractivity contribution in [1.82, 2.24) is 4.90 Å². The van der Waals surface area contributed by atoms with Crippen LogP contribution in [0.1, 0.15) is 32.1 Å². The van der Waals surface area contributed by atoms with Crippen LogP contribution in [0.25, 0.3) is 0 Å². The molecule has 3 rings (SSSR count). The quantitative estimate of drug-likeness (QED) is 0.651. The standard InChI is InChI=1S/C12H14N2O2/c13-6-10(7-4-5-7)14-11(15)8-2-1-3-9(8)12(14)16/h7-10H,1-5H2. The number of hydrogen-bond acceptors (Lipinski definition) is 3. The molecule has 84 valence electrons. The normalized spacial score (nSPS) is 35.1. The van der Waals surface area contributed by atoms with Crippen molar-refractivity contribution in [1.29, 1.82) is 5.26 Å². The molecule has 1 saturated heterocycles. The van der Waals surface area contributed by atoms with Gasteiger partial charge in [0.15, 0.2) is 0 Å². The largest absolute Gasteiger partial charge is 0.274 e. The van der Waals surface area contributed by atoms with Crippen LogP contribution in [0.4, 0.5) is 0 Å². The zero-order valence-electron chi connectivity index (χ0n) is 9.06. The molecule has 2 saturated carbocycles. The summed E-state index contributed by atoms with van der Waals surface area (Å²) in [4.78, 5) is 25.5. The predicted molar refractivity (Wildman–Crippen MR) is 54.8 cm³/mol. The summed E-state index contributed by atoms with van der Waals surface area (Å²) < 4.78 is 0. The van der Waals surface area contributed by atoms with Crippen LogP contribution >= 0.6 is 0 Å². The van der Waals surface area contributed by atoms with Gasteiger partial charge in [-0.05, 0) is 31.6 Å². The number of rotatable bonds is 2. The van der Waals surface area contributed by atoms with Crippen LogP contribution in [0.3, 0.4) is 0 Å². The van der Waals surface area contributed by atoms with Crippen molar-refractivity contribution in [3.63, 3.8) is 0 Å². The van der Waals surface area contributed by atoms with Gasteiger partial charge >= 0.3 is 0 Å². The third-order valence-corrected chi connectivity index (χ3v) is 4.10. The molecule has 0 aromatic heterocycles. The summed E-state index contributed by atoms with van der Waals surface area (Å²) in [6.07, 6.45) is 4.58. The van der Waals surface area contributed by atoms with E-state index in [-0.39, 0.29) is 29.6 Å². The summed E-state index contributed by atoms with van der Waals surface area (Å²) in [5.74, 6) is -0.127. The average molecular weight is 218 g/mol. The molecule has 4 heteroatoms. The Kier molecular flexibility index (Phi) is 2.03. The van der Waals surface area contributed by atoms with Crippen LogP contribution in [0, 0.1) is 29.1 Å². The lowest BCUT2D eigenvalue weighted by Crippen LogP contribution is -2.41. The average Bonchev–Trinajstić information content (AvgIpc) is 2.93. The van der Waals surface area contributed by atoms with Gasteiger partial charge < -0.3 is 0 Å². The molecule has 2 aliphatic carbocycles. The number of carbonyl (C=O) groups is 2. The van der Waals surface area contributed by atoms with E-state index in [1.54, 1.807) is 0 Å². The molecule has 0 bridgehead atoms. The van der Waals surface area contributed by atoms with Crippen molar-refractivity contribution in [3.05, 3.63) is 0 Å². The Morgan fingerprint density at radius 1 is 1.12 bits per heavy atom. The van der Waals surface area contributed by atoms with Crippen LogP contribution < -0.4 is 0 Å². The highest BCUT2D eigenvalue weighted by Crippen LogP contribution is 2.44. The van der Waals surface area contributed by atoms with Gasteiger partial charge in [-0.25, -0.2) is 0 Å². The summed E-state index contributed by atoms with van der Waals surface area (Å²) >= 11 is 0. The first-order chi connectivity index (χ1) is 7.74. The van der Waals surface area contributed by atoms with Crippen molar-refractivity contribution >= 4 is 11.8 Å². The number of nitrogens with zero attached hydrogens (tertiary/aromatic N) is 2. The van der Waals surface area contributed by atoms with Crippen molar-refractivity contribution in [3.8, 4) is 6.07 Å². The molecule has 0 aromatic carbocycles. The molecule has 16 heavy (non-hydrogen) atoms. The van der Waals surface area contributed by atoms with E-state index in [4.69, 9.17) is 5.26 Å². The molecule has 0 N–H and O–H groups in total. The molecule has 1 heterocycles. The highest BCUT2D eigenvalue weighted by Gasteiger charge is 2.54. The first-order valence-electron chi connectivity index (χ1n) is 6.00. The van der Waals surface area contributed by atoms with Crippen LogP contribution in [0.2, 0.25) is 0 Å². The van der Waals surface area contributed by atoms with Gasteiger partial charge in [-0.15, -0.1) is 0 Å². The number of fused-ring (bicyclic) bond motifs is 1. The Morgan fingerprint density at radius 2 is 1.69 bits per heavy atom. The molecular formula is C12H14N2O2. The molecule has 3 atom stereocenters. The molecule has 0 aromatic rings. The SMILES string of the molecule is N#CC(C1CC1)N1C(=O)C2CCCC2C1=O. The van der Waals surface area contributed by atoms with Gasteiger partial charge in [0, 0.05) is 0 Å². The van der Waals surface area contributed by atoms with E-state index in [0.717, 1.165) is 32.1 Å². The third kappa shape index (κ3) is 1.21. The lowest BCUT2D eigenvalue weighted by molar-refractivity contribution is -0.142. The first kappa shape index (κ1) is 9.83. The zero-order chi connectivity index (χ0) is 11.3. The van der Waals surface area contributed by atoms with Gasteiger partial charge in [-0.2, -0.15) is 5.26 Å². The second-order valence-electron chi connectivity index (χ2n) is 5.10. The molecular weight excluding hydrogens is 204 g/mol. The van der Waals surface area contributed by atoms with E-state index >= 15 is 0 Å². The minimum atomic E-state index is -0.481. The van der Waals surface area contributed by atoms with E-state index in [0.29, 0.717) is 0 Å². The summed E-state index contributed by atoms with van der Waals surface area (Å²) in [6, 6.07) is 1.66. The Hall–Kier alpha value is -1.37. The van der Waals surface area contributed by atoms with Crippen molar-refractivity contribution in [2.45, 2.75) is 38.1 Å². The summed E-state index contributed by atoms with van der Waals surface area (Å²) in [7, 11) is 0. The fraction of sp³-hybridized carbons (Fsp3) is 0.750. The number of imide groups is 1. The molecule has 3 unspecified atom stereocenters. The maximum absolute atomic E-state index is 12.1. The maximum Gasteiger partial charge on any atom is 0.234 e. The lowest BCUT2D eigenvalue weighted by atomic mass is 10.00. The monoisotopic (exact) mass is 218 g/mol. The number of amides is 2. The van der Waals surface area contributed by atoms with E-state index in [1.165, 1.54) is 4.90 Å². The van der Waals surface area contributed by atoms with Gasteiger partial charge in [0.05, 0.1) is 17.9 Å². The smallest absolute Gasteiger partial charge is 0.234 e. The molecule has 0 radical (unpaired) electrons. The van der Waals surface area contributed by atoms with E-state index in [2.05, 4.69) is 6.07 Å². The molecule has 1 aliphatic heterocycles. The molecule has 3 fully saturated rings. The van der Waals surface area contributed by atoms with Crippen molar-refractivity contribution in [2.75, 3.05) is 0 Å². The Labute approximate surface area is 94.2 Å². The van der Waals surface area contributed by atoms with Crippen molar-refractivity contribution < 1.29 is 9.59 Å². The predicted octanol–water partition coefficient (Wildman–Crippen LogP) is 1.07. The second kappa shape index (κ2) is 3.31. The van der Waals surface area contributed by atoms with Crippen LogP contribution in [-0.2, 0) is 9.59 Å². The van der Waals surface area contributed by atoms with Crippen LogP contribution in [-0.4, -0.2) is 22.8 Å². The fourth-order valence-electron chi connectivity index (χ4n) is 3.08. The van der Waals surface area contributed by atoms with Crippen molar-refractivity contribution in [2.24, 2.45) is 17.8 Å². The number of hydrogen-bond donors (Lipinski definition) is 0. The number of nitriles is 1. The highest BCUT2D eigenvalue weighted by atomic mass is 16.2. The van der Waals surface area contributed by atoms with Gasteiger partial charge in [-0.3, -0.25) is 14.5 Å². The summed E-state index contributed by atoms with van der Waals surface area (Å²) in [5.41, 5.74) is 0. The topological polar surface area (TPSA) is 61.2 Å². The minimum absolute atomic E-state index is 0.0778. The van der Waals surface area contributed by atoms with Gasteiger partial charge in [-0.1, -0.05) is 6.42 Å². The van der Waals surface area contributed by atoms with E-state index < -0.39 is 6.04 Å². The molecule has 0 spiro atoms. The molecule has 2 amide bonds. The number of likely N-dealkylation sites (tertiary alicyclic amines) is 1. The molecule has 3 aliphatic rings. The lowest BCUT2D eigenvalue weighted by Gasteiger charge is -2.21. The zero-order valence-corrected chi connectivity index (χ0v) is 9.06. The summed E-state index contributed by atoms with van der Waals surface area (Å²) in [5, 5.41) is 9.10. The highest BCUT2D eigenvalue weighted by molar-refractivity contribution is 6.06. The van der Waals surface area contributed by atoms with Gasteiger partial charge in [0.25, 0.3) is 0 Å². The Balaban J connectivity index is 1.88. The van der Waals surface area contributed by atoms with Crippen LogP contribution in [0.15, 0.2) is 0 Å². The van der Waals surface area contributed by atoms with Crippen LogP contribution in [0.5, 0.6) is 0 Å². The first-order valence-corrected chi connectivity index (χ1v) is 6.00. The van der Waals surface area contributed by atoms with E-state index in [1.807, 2.05) is 0 Å². The second-order valence-corrected chi connectivity index (χ2v) is 5.10. The summed E-state index contributed by atoms with van der Waals surface area (Å²) in [6.45, 7) is 0. The Bertz CT molecular complexity index is 372. The third-order valence-electron chi connectivity index (χ3n) is 4.10. The molecule has 4 nitrogen and oxygen atoms in total. The van der Waals surface area contributed by atoms with E-state index in [9.17, 15) is 9.59 Å².